The minimum atomic E-state index is -0.0848. The number of carbonyl (C=O) groups is 1. The maximum absolute atomic E-state index is 12.1. The van der Waals surface area contributed by atoms with Crippen LogP contribution in [-0.2, 0) is 4.79 Å². The zero-order chi connectivity index (χ0) is 13.8. The van der Waals surface area contributed by atoms with Crippen LogP contribution in [0, 0.1) is 0 Å². The van der Waals surface area contributed by atoms with Gasteiger partial charge in [-0.1, -0.05) is 0 Å². The van der Waals surface area contributed by atoms with E-state index in [0.717, 1.165) is 18.4 Å². The summed E-state index contributed by atoms with van der Waals surface area (Å²) in [5.41, 5.74) is 7.23. The van der Waals surface area contributed by atoms with E-state index in [4.69, 9.17) is 10.5 Å². The third-order valence-corrected chi connectivity index (χ3v) is 3.64. The van der Waals surface area contributed by atoms with Gasteiger partial charge in [-0.3, -0.25) is 4.79 Å². The van der Waals surface area contributed by atoms with Gasteiger partial charge in [0.05, 0.1) is 13.2 Å². The molecule has 1 aromatic heterocycles. The van der Waals surface area contributed by atoms with Crippen molar-refractivity contribution in [2.24, 2.45) is 5.73 Å². The first kappa shape index (κ1) is 13.8. The highest BCUT2D eigenvalue weighted by Crippen LogP contribution is 2.30. The van der Waals surface area contributed by atoms with Crippen molar-refractivity contribution < 1.29 is 9.53 Å². The average Bonchev–Trinajstić information content (AvgIpc) is 2.57. The van der Waals surface area contributed by atoms with Gasteiger partial charge >= 0.3 is 0 Å². The van der Waals surface area contributed by atoms with Crippen LogP contribution in [-0.4, -0.2) is 35.5 Å². The summed E-state index contributed by atoms with van der Waals surface area (Å²) in [4.78, 5) is 18.2. The number of likely N-dealkylation sites (N-methyl/N-ethyl adjacent to an activating group) is 1. The van der Waals surface area contributed by atoms with Crippen molar-refractivity contribution in [1.82, 2.24) is 9.88 Å². The predicted octanol–water partition coefficient (Wildman–Crippen LogP) is 1.49. The molecule has 2 unspecified atom stereocenters. The van der Waals surface area contributed by atoms with Gasteiger partial charge in [-0.15, -0.1) is 0 Å². The van der Waals surface area contributed by atoms with E-state index < -0.39 is 0 Å². The molecule has 2 N–H and O–H groups in total. The van der Waals surface area contributed by atoms with Crippen molar-refractivity contribution in [3.05, 3.63) is 23.9 Å². The highest BCUT2D eigenvalue weighted by molar-refractivity contribution is 5.77. The molecule has 1 aliphatic heterocycles. The minimum Gasteiger partial charge on any atom is -0.481 e. The summed E-state index contributed by atoms with van der Waals surface area (Å²) >= 11 is 0. The second-order valence-electron chi connectivity index (χ2n) is 4.81. The number of aromatic nitrogens is 1. The summed E-state index contributed by atoms with van der Waals surface area (Å²) in [6.45, 7) is 2.66. The Kier molecular flexibility index (Phi) is 4.37. The van der Waals surface area contributed by atoms with Gasteiger partial charge in [0.15, 0.2) is 0 Å². The number of likely N-dealkylation sites (tertiary alicyclic amines) is 1. The molecule has 0 aliphatic carbocycles. The molecule has 0 aromatic carbocycles. The van der Waals surface area contributed by atoms with E-state index in [1.54, 1.807) is 13.3 Å². The maximum Gasteiger partial charge on any atom is 0.223 e. The van der Waals surface area contributed by atoms with Crippen LogP contribution in [0.25, 0.3) is 0 Å². The van der Waals surface area contributed by atoms with Crippen molar-refractivity contribution in [1.29, 1.82) is 0 Å². The van der Waals surface area contributed by atoms with Crippen LogP contribution >= 0.6 is 0 Å². The minimum absolute atomic E-state index is 0.0402. The van der Waals surface area contributed by atoms with Gasteiger partial charge in [-0.25, -0.2) is 4.98 Å². The second-order valence-corrected chi connectivity index (χ2v) is 4.81. The third kappa shape index (κ3) is 2.87. The number of ether oxygens (including phenoxy) is 1. The van der Waals surface area contributed by atoms with Crippen LogP contribution < -0.4 is 10.5 Å². The maximum atomic E-state index is 12.1. The Labute approximate surface area is 113 Å². The van der Waals surface area contributed by atoms with E-state index in [9.17, 15) is 4.79 Å². The molecular formula is C14H21N3O2. The van der Waals surface area contributed by atoms with E-state index >= 15 is 0 Å². The molecule has 0 saturated carbocycles. The summed E-state index contributed by atoms with van der Waals surface area (Å²) in [6.07, 6.45) is 4.06. The zero-order valence-corrected chi connectivity index (χ0v) is 11.5. The smallest absolute Gasteiger partial charge is 0.223 e. The van der Waals surface area contributed by atoms with Crippen molar-refractivity contribution in [3.63, 3.8) is 0 Å². The van der Waals surface area contributed by atoms with Gasteiger partial charge in [0, 0.05) is 31.3 Å². The highest BCUT2D eigenvalue weighted by atomic mass is 16.5. The molecule has 2 atom stereocenters. The summed E-state index contributed by atoms with van der Waals surface area (Å²) in [5, 5.41) is 0. The second kappa shape index (κ2) is 6.02. The van der Waals surface area contributed by atoms with Gasteiger partial charge in [-0.2, -0.15) is 0 Å². The molecular weight excluding hydrogens is 242 g/mol. The van der Waals surface area contributed by atoms with Crippen molar-refractivity contribution in [3.8, 4) is 5.88 Å². The number of nitrogens with two attached hydrogens (primary N) is 1. The van der Waals surface area contributed by atoms with Crippen molar-refractivity contribution >= 4 is 5.91 Å². The molecule has 1 amide bonds. The van der Waals surface area contributed by atoms with E-state index in [-0.39, 0.29) is 18.0 Å². The Balaban J connectivity index is 2.32. The molecule has 104 valence electrons. The summed E-state index contributed by atoms with van der Waals surface area (Å²) in [7, 11) is 1.58. The van der Waals surface area contributed by atoms with Gasteiger partial charge in [-0.05, 0) is 31.4 Å². The number of carbonyl (C=O) groups excluding carboxylic acids is 1. The van der Waals surface area contributed by atoms with E-state index in [1.807, 2.05) is 24.0 Å². The third-order valence-electron chi connectivity index (χ3n) is 3.64. The molecule has 2 rings (SSSR count). The highest BCUT2D eigenvalue weighted by Gasteiger charge is 2.31. The summed E-state index contributed by atoms with van der Waals surface area (Å²) in [5.74, 6) is 0.747. The van der Waals surface area contributed by atoms with Crippen LogP contribution in [0.2, 0.25) is 0 Å². The Hall–Kier alpha value is -1.62. The lowest BCUT2D eigenvalue weighted by atomic mass is 9.98. The van der Waals surface area contributed by atoms with E-state index in [0.29, 0.717) is 18.8 Å². The number of nitrogens with zero attached hydrogens (tertiary/aromatic N) is 2. The molecule has 1 aromatic rings. The Morgan fingerprint density at radius 3 is 2.89 bits per heavy atom. The molecule has 0 spiro atoms. The fourth-order valence-electron chi connectivity index (χ4n) is 2.66. The SMILES string of the molecule is CCN1C(=O)CCCC(N)C1c1ccc(OC)nc1. The first-order valence-electron chi connectivity index (χ1n) is 6.72. The van der Waals surface area contributed by atoms with Crippen LogP contribution in [0.15, 0.2) is 18.3 Å². The molecule has 2 heterocycles. The summed E-state index contributed by atoms with van der Waals surface area (Å²) < 4.78 is 5.06. The Morgan fingerprint density at radius 2 is 2.32 bits per heavy atom. The standard InChI is InChI=1S/C14H21N3O2/c1-3-17-13(18)6-4-5-11(15)14(17)10-7-8-12(19-2)16-9-10/h7-9,11,14H,3-6,15H2,1-2H3. The number of methoxy groups -OCH3 is 1. The predicted molar refractivity (Wildman–Crippen MR) is 72.7 cm³/mol. The molecule has 1 fully saturated rings. The van der Waals surface area contributed by atoms with Crippen LogP contribution in [0.5, 0.6) is 5.88 Å². The molecule has 0 bridgehead atoms. The molecule has 5 heteroatoms. The van der Waals surface area contributed by atoms with Crippen LogP contribution in [0.3, 0.4) is 0 Å². The van der Waals surface area contributed by atoms with Crippen molar-refractivity contribution in [2.75, 3.05) is 13.7 Å². The number of hydrogen-bond donors (Lipinski definition) is 1. The topological polar surface area (TPSA) is 68.5 Å². The van der Waals surface area contributed by atoms with Gasteiger partial charge < -0.3 is 15.4 Å². The lowest BCUT2D eigenvalue weighted by molar-refractivity contribution is -0.133. The summed E-state index contributed by atoms with van der Waals surface area (Å²) in [6, 6.07) is 3.63. The zero-order valence-electron chi connectivity index (χ0n) is 11.5. The Bertz CT molecular complexity index is 433. The lowest BCUT2D eigenvalue weighted by Gasteiger charge is -2.32. The van der Waals surface area contributed by atoms with Crippen LogP contribution in [0.1, 0.15) is 37.8 Å². The number of pyridine rings is 1. The molecule has 19 heavy (non-hydrogen) atoms. The monoisotopic (exact) mass is 263 g/mol. The lowest BCUT2D eigenvalue weighted by Crippen LogP contribution is -2.42. The van der Waals surface area contributed by atoms with Crippen LogP contribution in [0.4, 0.5) is 0 Å². The number of hydrogen-bond acceptors (Lipinski definition) is 4. The van der Waals surface area contributed by atoms with Gasteiger partial charge in [0.2, 0.25) is 11.8 Å². The largest absolute Gasteiger partial charge is 0.481 e. The number of amides is 1. The molecule has 5 nitrogen and oxygen atoms in total. The fourth-order valence-corrected chi connectivity index (χ4v) is 2.66. The van der Waals surface area contributed by atoms with Crippen molar-refractivity contribution in [2.45, 2.75) is 38.3 Å². The molecule has 1 aliphatic rings. The Morgan fingerprint density at radius 1 is 1.53 bits per heavy atom. The first-order valence-corrected chi connectivity index (χ1v) is 6.72. The van der Waals surface area contributed by atoms with Gasteiger partial charge in [0.1, 0.15) is 0 Å². The molecule has 0 radical (unpaired) electrons. The van der Waals surface area contributed by atoms with Gasteiger partial charge in [0.25, 0.3) is 0 Å². The van der Waals surface area contributed by atoms with E-state index in [2.05, 4.69) is 4.98 Å². The normalized spacial score (nSPS) is 24.2. The quantitative estimate of drug-likeness (QED) is 0.897. The first-order chi connectivity index (χ1) is 9.17. The van der Waals surface area contributed by atoms with E-state index in [1.165, 1.54) is 0 Å². The number of rotatable bonds is 3. The molecule has 1 saturated heterocycles. The fraction of sp³-hybridized carbons (Fsp3) is 0.571. The average molecular weight is 263 g/mol.